The van der Waals surface area contributed by atoms with Crippen molar-refractivity contribution in [2.75, 3.05) is 32.4 Å². The number of ether oxygens (including phenoxy) is 3. The number of rotatable bonds is 11. The number of nitrogens with one attached hydrogen (secondary N) is 2. The molecule has 1 aromatic heterocycles. The van der Waals surface area contributed by atoms with Crippen LogP contribution in [0, 0.1) is 0 Å². The van der Waals surface area contributed by atoms with E-state index in [9.17, 15) is 9.59 Å². The van der Waals surface area contributed by atoms with E-state index in [0.29, 0.717) is 44.6 Å². The van der Waals surface area contributed by atoms with E-state index in [1.807, 2.05) is 0 Å². The van der Waals surface area contributed by atoms with Gasteiger partial charge in [0.15, 0.2) is 11.0 Å². The average molecular weight is 603 g/mol. The lowest BCUT2D eigenvalue weighted by atomic mass is 10.2. The molecular formula is C27H25Cl2N5O5S. The Morgan fingerprint density at radius 2 is 1.62 bits per heavy atom. The number of nitrogens with zero attached hydrogens (tertiary/aromatic N) is 3. The molecule has 0 saturated heterocycles. The third-order valence-electron chi connectivity index (χ3n) is 5.62. The van der Waals surface area contributed by atoms with E-state index in [0.717, 1.165) is 0 Å². The molecule has 40 heavy (non-hydrogen) atoms. The molecule has 0 saturated carbocycles. The molecule has 4 aromatic rings. The first-order valence-electron chi connectivity index (χ1n) is 11.8. The number of hydrogen-bond donors (Lipinski definition) is 2. The van der Waals surface area contributed by atoms with Gasteiger partial charge in [-0.25, -0.2) is 0 Å². The van der Waals surface area contributed by atoms with E-state index in [4.69, 9.17) is 37.4 Å². The number of hydrogen-bond acceptors (Lipinski definition) is 8. The zero-order valence-corrected chi connectivity index (χ0v) is 24.1. The van der Waals surface area contributed by atoms with Gasteiger partial charge >= 0.3 is 0 Å². The normalized spacial score (nSPS) is 10.6. The van der Waals surface area contributed by atoms with Gasteiger partial charge in [0.2, 0.25) is 5.91 Å². The van der Waals surface area contributed by atoms with Crippen molar-refractivity contribution < 1.29 is 23.8 Å². The van der Waals surface area contributed by atoms with Crippen molar-refractivity contribution in [3.63, 3.8) is 0 Å². The van der Waals surface area contributed by atoms with Crippen LogP contribution in [0.3, 0.4) is 0 Å². The minimum Gasteiger partial charge on any atom is -0.497 e. The molecule has 0 aliphatic carbocycles. The number of halogens is 2. The van der Waals surface area contributed by atoms with Gasteiger partial charge in [0.05, 0.1) is 49.9 Å². The summed E-state index contributed by atoms with van der Waals surface area (Å²) in [6, 6.07) is 16.9. The highest BCUT2D eigenvalue weighted by molar-refractivity contribution is 7.99. The topological polar surface area (TPSA) is 117 Å². The Morgan fingerprint density at radius 1 is 0.900 bits per heavy atom. The number of carbonyl (C=O) groups excluding carboxylic acids is 2. The third kappa shape index (κ3) is 6.98. The molecule has 0 spiro atoms. The summed E-state index contributed by atoms with van der Waals surface area (Å²) in [5.41, 5.74) is 1.46. The first kappa shape index (κ1) is 29.1. The summed E-state index contributed by atoms with van der Waals surface area (Å²) in [7, 11) is 4.66. The molecule has 0 aliphatic rings. The molecule has 2 N–H and O–H groups in total. The molecule has 3 aromatic carbocycles. The predicted octanol–water partition coefficient (Wildman–Crippen LogP) is 5.26. The second-order valence-corrected chi connectivity index (χ2v) is 9.93. The van der Waals surface area contributed by atoms with E-state index in [1.54, 1.807) is 73.4 Å². The fraction of sp³-hybridized carbons (Fsp3) is 0.185. The lowest BCUT2D eigenvalue weighted by molar-refractivity contribution is -0.113. The molecule has 208 valence electrons. The molecule has 1 heterocycles. The molecule has 0 radical (unpaired) electrons. The average Bonchev–Trinajstić information content (AvgIpc) is 3.37. The van der Waals surface area contributed by atoms with Crippen LogP contribution in [0.25, 0.3) is 5.69 Å². The van der Waals surface area contributed by atoms with Crippen LogP contribution in [0.15, 0.2) is 65.8 Å². The van der Waals surface area contributed by atoms with Crippen molar-refractivity contribution in [1.82, 2.24) is 20.1 Å². The highest BCUT2D eigenvalue weighted by atomic mass is 35.5. The molecule has 13 heteroatoms. The SMILES string of the molecule is COc1ccc(NC(=O)CSc2nnc(CNC(=O)c3ccc(Cl)cc3Cl)n2-c2cc(OC)ccc2OC)cc1. The summed E-state index contributed by atoms with van der Waals surface area (Å²) < 4.78 is 17.8. The molecule has 0 unspecified atom stereocenters. The standard InChI is InChI=1S/C27H25Cl2N5O5S/c1-37-18-7-5-17(6-8-18)31-25(35)15-40-27-33-32-24(14-30-26(36)20-10-4-16(28)12-21(20)29)34(27)22-13-19(38-2)9-11-23(22)39-3/h4-13H,14-15H2,1-3H3,(H,30,36)(H,31,35). The second-order valence-electron chi connectivity index (χ2n) is 8.14. The number of methoxy groups -OCH3 is 3. The zero-order chi connectivity index (χ0) is 28.6. The predicted molar refractivity (Wildman–Crippen MR) is 154 cm³/mol. The van der Waals surface area contributed by atoms with Gasteiger partial charge in [-0.3, -0.25) is 14.2 Å². The van der Waals surface area contributed by atoms with Crippen LogP contribution < -0.4 is 24.8 Å². The summed E-state index contributed by atoms with van der Waals surface area (Å²) in [6.45, 7) is 0.00373. The summed E-state index contributed by atoms with van der Waals surface area (Å²) >= 11 is 13.3. The van der Waals surface area contributed by atoms with Gasteiger partial charge in [-0.05, 0) is 54.6 Å². The highest BCUT2D eigenvalue weighted by Gasteiger charge is 2.21. The fourth-order valence-electron chi connectivity index (χ4n) is 3.65. The van der Waals surface area contributed by atoms with E-state index < -0.39 is 5.91 Å². The largest absolute Gasteiger partial charge is 0.497 e. The highest BCUT2D eigenvalue weighted by Crippen LogP contribution is 2.32. The molecule has 0 atom stereocenters. The van der Waals surface area contributed by atoms with Crippen LogP contribution in [-0.2, 0) is 11.3 Å². The van der Waals surface area contributed by atoms with E-state index in [2.05, 4.69) is 20.8 Å². The number of anilines is 1. The smallest absolute Gasteiger partial charge is 0.253 e. The number of benzene rings is 3. The van der Waals surface area contributed by atoms with Crippen molar-refractivity contribution in [2.45, 2.75) is 11.7 Å². The Morgan fingerprint density at radius 3 is 2.30 bits per heavy atom. The molecule has 0 fully saturated rings. The van der Waals surface area contributed by atoms with Gasteiger partial charge in [-0.15, -0.1) is 10.2 Å². The third-order valence-corrected chi connectivity index (χ3v) is 7.09. The lowest BCUT2D eigenvalue weighted by Crippen LogP contribution is -2.25. The number of amides is 2. The van der Waals surface area contributed by atoms with Gasteiger partial charge in [0.1, 0.15) is 17.2 Å². The molecule has 2 amide bonds. The monoisotopic (exact) mass is 601 g/mol. The maximum atomic E-state index is 12.9. The van der Waals surface area contributed by atoms with Crippen LogP contribution >= 0.6 is 35.0 Å². The van der Waals surface area contributed by atoms with E-state index in [-0.39, 0.29) is 28.8 Å². The Labute approximate surface area is 244 Å². The van der Waals surface area contributed by atoms with Crippen LogP contribution in [0.1, 0.15) is 16.2 Å². The second kappa shape index (κ2) is 13.4. The lowest BCUT2D eigenvalue weighted by Gasteiger charge is -2.15. The molecule has 10 nitrogen and oxygen atoms in total. The van der Waals surface area contributed by atoms with Gasteiger partial charge in [-0.1, -0.05) is 35.0 Å². The molecular weight excluding hydrogens is 577 g/mol. The zero-order valence-electron chi connectivity index (χ0n) is 21.7. The number of aromatic nitrogens is 3. The van der Waals surface area contributed by atoms with Crippen molar-refractivity contribution in [3.05, 3.63) is 82.1 Å². The fourth-order valence-corrected chi connectivity index (χ4v) is 4.91. The first-order valence-corrected chi connectivity index (χ1v) is 13.5. The Balaban J connectivity index is 1.58. The molecule has 0 bridgehead atoms. The van der Waals surface area contributed by atoms with Gasteiger partial charge < -0.3 is 24.8 Å². The maximum Gasteiger partial charge on any atom is 0.253 e. The van der Waals surface area contributed by atoms with Crippen LogP contribution in [0.2, 0.25) is 10.0 Å². The van der Waals surface area contributed by atoms with Gasteiger partial charge in [0.25, 0.3) is 5.91 Å². The Bertz CT molecular complexity index is 1510. The van der Waals surface area contributed by atoms with Crippen molar-refractivity contribution >= 4 is 52.5 Å². The van der Waals surface area contributed by atoms with Crippen molar-refractivity contribution in [2.24, 2.45) is 0 Å². The number of carbonyl (C=O) groups is 2. The summed E-state index contributed by atoms with van der Waals surface area (Å²) in [6.07, 6.45) is 0. The van der Waals surface area contributed by atoms with Gasteiger partial charge in [0, 0.05) is 16.8 Å². The minimum absolute atomic E-state index is 0.00373. The quantitative estimate of drug-likeness (QED) is 0.224. The van der Waals surface area contributed by atoms with E-state index in [1.165, 1.54) is 24.9 Å². The van der Waals surface area contributed by atoms with Gasteiger partial charge in [-0.2, -0.15) is 0 Å². The van der Waals surface area contributed by atoms with Crippen LogP contribution in [-0.4, -0.2) is 53.7 Å². The summed E-state index contributed by atoms with van der Waals surface area (Å²) in [5, 5.41) is 15.3. The van der Waals surface area contributed by atoms with Crippen LogP contribution in [0.4, 0.5) is 5.69 Å². The maximum absolute atomic E-state index is 12.9. The van der Waals surface area contributed by atoms with Crippen molar-refractivity contribution in [1.29, 1.82) is 0 Å². The summed E-state index contributed by atoms with van der Waals surface area (Å²) in [5.74, 6) is 1.55. The number of thioether (sulfide) groups is 1. The molecule has 4 rings (SSSR count). The summed E-state index contributed by atoms with van der Waals surface area (Å²) in [4.78, 5) is 25.6. The van der Waals surface area contributed by atoms with E-state index >= 15 is 0 Å². The minimum atomic E-state index is -0.415. The van der Waals surface area contributed by atoms with Crippen molar-refractivity contribution in [3.8, 4) is 22.9 Å². The Kier molecular flexibility index (Phi) is 9.75. The van der Waals surface area contributed by atoms with Crippen LogP contribution in [0.5, 0.6) is 17.2 Å². The molecule has 0 aliphatic heterocycles. The first-order chi connectivity index (χ1) is 19.3. The Hall–Kier alpha value is -3.93.